The van der Waals surface area contributed by atoms with Crippen molar-refractivity contribution in [2.45, 2.75) is 34.1 Å². The zero-order valence-corrected chi connectivity index (χ0v) is 31.8. The van der Waals surface area contributed by atoms with Crippen molar-refractivity contribution in [2.75, 3.05) is 38.0 Å². The van der Waals surface area contributed by atoms with Crippen molar-refractivity contribution >= 4 is 49.9 Å². The Morgan fingerprint density at radius 1 is 0.622 bits per heavy atom. The summed E-state index contributed by atoms with van der Waals surface area (Å²) in [6.07, 6.45) is 3.32. The molecule has 45 heavy (non-hydrogen) atoms. The van der Waals surface area contributed by atoms with Gasteiger partial charge in [0.2, 0.25) is 0 Å². The first-order valence-corrected chi connectivity index (χ1v) is 21.6. The molecular weight excluding hydrogens is 671 g/mol. The molecule has 2 nitrogen and oxygen atoms in total. The molecule has 0 atom stereocenters. The second kappa shape index (κ2) is 18.3. The zero-order chi connectivity index (χ0) is 32.9. The number of hydrogen-bond acceptors (Lipinski definition) is 2. The normalized spacial score (nSPS) is 10.2. The van der Waals surface area contributed by atoms with Gasteiger partial charge in [0.05, 0.1) is 0 Å². The molecule has 0 aliphatic carbocycles. The number of anilines is 2. The fourth-order valence-electron chi connectivity index (χ4n) is 5.18. The molecule has 0 bridgehead atoms. The van der Waals surface area contributed by atoms with Gasteiger partial charge in [0.15, 0.2) is 0 Å². The van der Waals surface area contributed by atoms with Crippen LogP contribution >= 0.6 is 17.0 Å². The van der Waals surface area contributed by atoms with E-state index in [1.54, 1.807) is 0 Å². The summed E-state index contributed by atoms with van der Waals surface area (Å²) in [5, 5.41) is 5.34. The molecule has 6 aromatic rings. The van der Waals surface area contributed by atoms with Crippen LogP contribution in [0.25, 0.3) is 43.8 Å². The summed E-state index contributed by atoms with van der Waals surface area (Å²) in [5.41, 5.74) is 10.3. The number of unbranched alkanes of at least 4 members (excludes halogenated alkanes) is 1. The number of hydrogen-bond donors (Lipinski definition) is 0. The van der Waals surface area contributed by atoms with E-state index in [1.165, 1.54) is 72.7 Å². The van der Waals surface area contributed by atoms with Gasteiger partial charge in [0.1, 0.15) is 0 Å². The molecule has 0 saturated heterocycles. The zero-order valence-electron chi connectivity index (χ0n) is 27.8. The first-order valence-electron chi connectivity index (χ1n) is 15.2. The molecule has 0 aromatic heterocycles. The maximum absolute atomic E-state index is 4.93. The van der Waals surface area contributed by atoms with Gasteiger partial charge in [-0.1, -0.05) is 68.3 Å². The average Bonchev–Trinajstić information content (AvgIpc) is 3.62. The van der Waals surface area contributed by atoms with Crippen molar-refractivity contribution in [3.63, 3.8) is 0 Å². The number of halogens is 2. The standard InChI is InChI=1S/2C18H18N.C4H9.2ClH.Zr/c2*1-13-10-14-7-5-9-17(18(14)11-13)15-6-4-8-16(12-15)19(2)3;1-3-4-2;;;/h2*4-12H,1-3H3;3H,4H2,1-2H3;2*1H;/q3*-1;;;+2/p-2. The summed E-state index contributed by atoms with van der Waals surface area (Å²) in [6, 6.07) is 39.5. The van der Waals surface area contributed by atoms with Crippen LogP contribution in [-0.4, -0.2) is 28.2 Å². The molecule has 0 unspecified atom stereocenters. The molecule has 6 rings (SSSR count). The molecule has 0 N–H and O–H groups in total. The molecule has 0 aliphatic rings. The van der Waals surface area contributed by atoms with Crippen molar-refractivity contribution in [2.24, 2.45) is 0 Å². The molecule has 0 aliphatic heterocycles. The van der Waals surface area contributed by atoms with Crippen molar-refractivity contribution < 1.29 is 20.8 Å². The van der Waals surface area contributed by atoms with Gasteiger partial charge >= 0.3 is 37.9 Å². The van der Waals surface area contributed by atoms with Crippen LogP contribution in [0.15, 0.2) is 109 Å². The monoisotopic (exact) mass is 713 g/mol. The van der Waals surface area contributed by atoms with E-state index >= 15 is 0 Å². The van der Waals surface area contributed by atoms with Crippen molar-refractivity contribution in [3.05, 3.63) is 127 Å². The summed E-state index contributed by atoms with van der Waals surface area (Å²) in [4.78, 5) is 4.28. The van der Waals surface area contributed by atoms with Crippen LogP contribution in [0.5, 0.6) is 0 Å². The molecule has 5 heteroatoms. The molecule has 0 radical (unpaired) electrons. The van der Waals surface area contributed by atoms with Gasteiger partial charge in [-0.25, -0.2) is 0 Å². The van der Waals surface area contributed by atoms with Crippen LogP contribution in [-0.2, 0) is 20.8 Å². The fourth-order valence-corrected chi connectivity index (χ4v) is 5.18. The fraction of sp³-hybridized carbons (Fsp3) is 0.225. The summed E-state index contributed by atoms with van der Waals surface area (Å²) in [5.74, 6) is 0. The first kappa shape index (κ1) is 36.6. The Balaban J connectivity index is 0.000000204. The van der Waals surface area contributed by atoms with Crippen molar-refractivity contribution in [1.29, 1.82) is 0 Å². The average molecular weight is 716 g/mol. The van der Waals surface area contributed by atoms with E-state index < -0.39 is 20.8 Å². The molecule has 0 saturated carbocycles. The predicted octanol–water partition coefficient (Wildman–Crippen LogP) is 12.2. The van der Waals surface area contributed by atoms with E-state index in [-0.39, 0.29) is 0 Å². The third kappa shape index (κ3) is 10.3. The quantitative estimate of drug-likeness (QED) is 0.164. The van der Waals surface area contributed by atoms with Crippen LogP contribution in [0.4, 0.5) is 11.4 Å². The molecule has 0 spiro atoms. The Kier molecular flexibility index (Phi) is 14.9. The van der Waals surface area contributed by atoms with Crippen molar-refractivity contribution in [1.82, 2.24) is 0 Å². The maximum atomic E-state index is 4.93. The third-order valence-electron chi connectivity index (χ3n) is 7.55. The Labute approximate surface area is 290 Å². The van der Waals surface area contributed by atoms with Gasteiger partial charge in [-0.15, -0.1) is 69.1 Å². The Hall–Kier alpha value is -2.84. The molecule has 0 amide bonds. The minimum absolute atomic E-state index is 0.826. The Morgan fingerprint density at radius 3 is 1.31 bits per heavy atom. The SMILES string of the molecule is C[CH-]CC.Cc1cc2c(-c3cccc(N(C)C)c3)cccc2[cH-]1.Cc1cc2c(-c3cccc(N(C)C)c3)cccc2[cH-]1.[Cl][Zr][Cl]. The number of benzene rings is 4. The second-order valence-electron chi connectivity index (χ2n) is 11.5. The summed E-state index contributed by atoms with van der Waals surface area (Å²) >= 11 is -0.826. The molecule has 0 fully saturated rings. The predicted molar refractivity (Wildman–Crippen MR) is 200 cm³/mol. The molecule has 236 valence electrons. The number of fused-ring (bicyclic) bond motifs is 2. The van der Waals surface area contributed by atoms with E-state index in [0.717, 1.165) is 0 Å². The number of aryl methyl sites for hydroxylation is 2. The third-order valence-corrected chi connectivity index (χ3v) is 7.55. The van der Waals surface area contributed by atoms with Crippen LogP contribution in [0.3, 0.4) is 0 Å². The minimum atomic E-state index is -0.826. The summed E-state index contributed by atoms with van der Waals surface area (Å²) in [7, 11) is 18.2. The van der Waals surface area contributed by atoms with Crippen molar-refractivity contribution in [3.8, 4) is 22.3 Å². The van der Waals surface area contributed by atoms with Crippen LogP contribution in [0, 0.1) is 20.3 Å². The second-order valence-corrected chi connectivity index (χ2v) is 15.2. The summed E-state index contributed by atoms with van der Waals surface area (Å²) in [6.45, 7) is 8.49. The Morgan fingerprint density at radius 2 is 0.978 bits per heavy atom. The number of nitrogens with zero attached hydrogens (tertiary/aromatic N) is 2. The van der Waals surface area contributed by atoms with E-state index in [0.29, 0.717) is 0 Å². The molecular formula is C40H45Cl2N2Zr-3. The van der Waals surface area contributed by atoms with Gasteiger partial charge in [0, 0.05) is 39.6 Å². The topological polar surface area (TPSA) is 6.48 Å². The van der Waals surface area contributed by atoms with Crippen LogP contribution in [0.2, 0.25) is 0 Å². The van der Waals surface area contributed by atoms with Gasteiger partial charge in [-0.2, -0.15) is 25.5 Å². The number of rotatable bonds is 5. The van der Waals surface area contributed by atoms with Crippen LogP contribution < -0.4 is 9.80 Å². The van der Waals surface area contributed by atoms with E-state index in [1.807, 2.05) is 0 Å². The Bertz CT molecular complexity index is 1630. The van der Waals surface area contributed by atoms with Gasteiger partial charge in [-0.05, 0) is 35.4 Å². The summed E-state index contributed by atoms with van der Waals surface area (Å²) < 4.78 is 0. The molecule has 6 aromatic carbocycles. The van der Waals surface area contributed by atoms with Gasteiger partial charge < -0.3 is 16.2 Å². The van der Waals surface area contributed by atoms with Crippen LogP contribution in [0.1, 0.15) is 31.4 Å². The van der Waals surface area contributed by atoms with E-state index in [9.17, 15) is 0 Å². The van der Waals surface area contributed by atoms with Gasteiger partial charge in [0.25, 0.3) is 0 Å². The first-order chi connectivity index (χ1) is 21.6. The van der Waals surface area contributed by atoms with E-state index in [4.69, 9.17) is 17.0 Å². The van der Waals surface area contributed by atoms with E-state index in [2.05, 4.69) is 181 Å². The molecule has 0 heterocycles. The van der Waals surface area contributed by atoms with Gasteiger partial charge in [-0.3, -0.25) is 0 Å².